The molecule has 2 aromatic rings. The number of halogens is 2. The first-order valence-electron chi connectivity index (χ1n) is 6.91. The molecule has 1 aromatic heterocycles. The second kappa shape index (κ2) is 7.74. The van der Waals surface area contributed by atoms with Crippen molar-refractivity contribution in [1.82, 2.24) is 5.32 Å². The minimum absolute atomic E-state index is 0.324. The van der Waals surface area contributed by atoms with Crippen LogP contribution in [0.2, 0.25) is 10.0 Å². The number of rotatable bonds is 7. The van der Waals surface area contributed by atoms with E-state index in [1.54, 1.807) is 18.2 Å². The average molecular weight is 328 g/mol. The van der Waals surface area contributed by atoms with Crippen LogP contribution >= 0.6 is 23.2 Å². The zero-order valence-electron chi connectivity index (χ0n) is 12.2. The lowest BCUT2D eigenvalue weighted by Gasteiger charge is -2.07. The zero-order valence-corrected chi connectivity index (χ0v) is 13.7. The van der Waals surface area contributed by atoms with E-state index in [1.807, 2.05) is 12.1 Å². The summed E-state index contributed by atoms with van der Waals surface area (Å²) in [5.74, 6) is 2.83. The van der Waals surface area contributed by atoms with Gasteiger partial charge in [-0.3, -0.25) is 0 Å². The lowest BCUT2D eigenvalue weighted by atomic mass is 10.2. The van der Waals surface area contributed by atoms with Crippen molar-refractivity contribution < 1.29 is 9.15 Å². The average Bonchev–Trinajstić information content (AvgIpc) is 2.88. The fraction of sp³-hybridized carbons (Fsp3) is 0.375. The Morgan fingerprint density at radius 1 is 1.14 bits per heavy atom. The van der Waals surface area contributed by atoms with Crippen molar-refractivity contribution in [3.63, 3.8) is 0 Å². The van der Waals surface area contributed by atoms with Crippen LogP contribution in [-0.2, 0) is 13.2 Å². The van der Waals surface area contributed by atoms with Crippen molar-refractivity contribution >= 4 is 23.2 Å². The van der Waals surface area contributed by atoms with Gasteiger partial charge in [0, 0.05) is 0 Å². The van der Waals surface area contributed by atoms with Gasteiger partial charge in [-0.1, -0.05) is 43.1 Å². The van der Waals surface area contributed by atoms with Gasteiger partial charge in [-0.25, -0.2) is 0 Å². The van der Waals surface area contributed by atoms with Gasteiger partial charge in [0.15, 0.2) is 0 Å². The SMILES string of the molecule is CC(C)CNCc1ccc(COc2cccc(Cl)c2Cl)o1. The first kappa shape index (κ1) is 16.2. The second-order valence-electron chi connectivity index (χ2n) is 5.23. The Morgan fingerprint density at radius 2 is 1.90 bits per heavy atom. The molecule has 1 heterocycles. The Bertz CT molecular complexity index is 581. The van der Waals surface area contributed by atoms with Crippen LogP contribution < -0.4 is 10.1 Å². The molecule has 0 aliphatic rings. The van der Waals surface area contributed by atoms with Gasteiger partial charge in [-0.05, 0) is 36.7 Å². The van der Waals surface area contributed by atoms with E-state index < -0.39 is 0 Å². The quantitative estimate of drug-likeness (QED) is 0.784. The smallest absolute Gasteiger partial charge is 0.146 e. The fourth-order valence-corrected chi connectivity index (χ4v) is 2.17. The van der Waals surface area contributed by atoms with Crippen LogP contribution in [0.5, 0.6) is 5.75 Å². The van der Waals surface area contributed by atoms with Crippen molar-refractivity contribution in [3.8, 4) is 5.75 Å². The van der Waals surface area contributed by atoms with Crippen molar-refractivity contribution in [2.24, 2.45) is 5.92 Å². The molecular formula is C16H19Cl2NO2. The van der Waals surface area contributed by atoms with E-state index in [2.05, 4.69) is 19.2 Å². The van der Waals surface area contributed by atoms with Gasteiger partial charge in [0.1, 0.15) is 28.9 Å². The summed E-state index contributed by atoms with van der Waals surface area (Å²) in [6.45, 7) is 6.34. The van der Waals surface area contributed by atoms with Crippen LogP contribution in [0.25, 0.3) is 0 Å². The maximum Gasteiger partial charge on any atom is 0.146 e. The number of hydrogen-bond donors (Lipinski definition) is 1. The zero-order chi connectivity index (χ0) is 15.2. The number of ether oxygens (including phenoxy) is 1. The molecule has 0 bridgehead atoms. The largest absolute Gasteiger partial charge is 0.484 e. The summed E-state index contributed by atoms with van der Waals surface area (Å²) < 4.78 is 11.3. The Morgan fingerprint density at radius 3 is 2.67 bits per heavy atom. The fourth-order valence-electron chi connectivity index (χ4n) is 1.82. The van der Waals surface area contributed by atoms with Gasteiger partial charge in [0.05, 0.1) is 11.6 Å². The highest BCUT2D eigenvalue weighted by atomic mass is 35.5. The Labute approximate surface area is 135 Å². The Balaban J connectivity index is 1.86. The summed E-state index contributed by atoms with van der Waals surface area (Å²) in [4.78, 5) is 0. The molecule has 21 heavy (non-hydrogen) atoms. The van der Waals surface area contributed by atoms with Gasteiger partial charge in [0.25, 0.3) is 0 Å². The van der Waals surface area contributed by atoms with Crippen LogP contribution in [-0.4, -0.2) is 6.54 Å². The summed E-state index contributed by atoms with van der Waals surface area (Å²) in [6.07, 6.45) is 0. The third kappa shape index (κ3) is 4.95. The van der Waals surface area contributed by atoms with Gasteiger partial charge in [-0.15, -0.1) is 0 Å². The molecule has 5 heteroatoms. The van der Waals surface area contributed by atoms with Crippen molar-refractivity contribution in [3.05, 3.63) is 51.9 Å². The molecule has 114 valence electrons. The molecule has 0 amide bonds. The van der Waals surface area contributed by atoms with E-state index in [0.717, 1.165) is 24.6 Å². The lowest BCUT2D eigenvalue weighted by molar-refractivity contribution is 0.265. The van der Waals surface area contributed by atoms with Gasteiger partial charge in [0.2, 0.25) is 0 Å². The minimum atomic E-state index is 0.324. The van der Waals surface area contributed by atoms with Crippen LogP contribution in [0.3, 0.4) is 0 Å². The molecule has 0 radical (unpaired) electrons. The van der Waals surface area contributed by atoms with E-state index in [0.29, 0.717) is 28.3 Å². The third-order valence-corrected chi connectivity index (χ3v) is 3.66. The van der Waals surface area contributed by atoms with Gasteiger partial charge >= 0.3 is 0 Å². The molecule has 0 unspecified atom stereocenters. The molecule has 1 N–H and O–H groups in total. The van der Waals surface area contributed by atoms with Crippen molar-refractivity contribution in [1.29, 1.82) is 0 Å². The third-order valence-electron chi connectivity index (χ3n) is 2.86. The van der Waals surface area contributed by atoms with Crippen LogP contribution in [0.15, 0.2) is 34.7 Å². The molecule has 3 nitrogen and oxygen atoms in total. The summed E-state index contributed by atoms with van der Waals surface area (Å²) >= 11 is 12.0. The van der Waals surface area contributed by atoms with E-state index in [4.69, 9.17) is 32.4 Å². The van der Waals surface area contributed by atoms with E-state index >= 15 is 0 Å². The molecule has 0 aliphatic carbocycles. The topological polar surface area (TPSA) is 34.4 Å². The highest BCUT2D eigenvalue weighted by Crippen LogP contribution is 2.31. The number of hydrogen-bond acceptors (Lipinski definition) is 3. The Kier molecular flexibility index (Phi) is 5.97. The maximum atomic E-state index is 6.07. The standard InChI is InChI=1S/C16H19Cl2NO2/c1-11(2)8-19-9-12-6-7-13(21-12)10-20-15-5-3-4-14(17)16(15)18/h3-7,11,19H,8-10H2,1-2H3. The van der Waals surface area contributed by atoms with Crippen molar-refractivity contribution in [2.45, 2.75) is 27.0 Å². The monoisotopic (exact) mass is 327 g/mol. The molecule has 0 saturated carbocycles. The second-order valence-corrected chi connectivity index (χ2v) is 6.02. The summed E-state index contributed by atoms with van der Waals surface area (Å²) in [6, 6.07) is 9.16. The lowest BCUT2D eigenvalue weighted by Crippen LogP contribution is -2.18. The Hall–Kier alpha value is -1.16. The van der Waals surface area contributed by atoms with E-state index in [9.17, 15) is 0 Å². The van der Waals surface area contributed by atoms with Gasteiger partial charge in [-0.2, -0.15) is 0 Å². The minimum Gasteiger partial charge on any atom is -0.484 e. The number of benzene rings is 1. The summed E-state index contributed by atoms with van der Waals surface area (Å²) in [7, 11) is 0. The summed E-state index contributed by atoms with van der Waals surface area (Å²) in [5, 5.41) is 4.23. The predicted octanol–water partition coefficient (Wildman–Crippen LogP) is 4.91. The van der Waals surface area contributed by atoms with Crippen LogP contribution in [0.1, 0.15) is 25.4 Å². The molecule has 0 spiro atoms. The first-order valence-corrected chi connectivity index (χ1v) is 7.67. The molecule has 2 rings (SSSR count). The van der Waals surface area contributed by atoms with Crippen LogP contribution in [0.4, 0.5) is 0 Å². The van der Waals surface area contributed by atoms with E-state index in [1.165, 1.54) is 0 Å². The summed E-state index contributed by atoms with van der Waals surface area (Å²) in [5.41, 5.74) is 0. The number of furan rings is 1. The molecule has 0 fully saturated rings. The van der Waals surface area contributed by atoms with Crippen LogP contribution in [0, 0.1) is 5.92 Å². The molecule has 0 atom stereocenters. The molecule has 0 saturated heterocycles. The highest BCUT2D eigenvalue weighted by Gasteiger charge is 2.07. The number of nitrogens with one attached hydrogen (secondary N) is 1. The van der Waals surface area contributed by atoms with Crippen molar-refractivity contribution in [2.75, 3.05) is 6.54 Å². The highest BCUT2D eigenvalue weighted by molar-refractivity contribution is 6.42. The maximum absolute atomic E-state index is 6.07. The normalized spacial score (nSPS) is 11.1. The molecule has 1 aromatic carbocycles. The predicted molar refractivity (Wildman–Crippen MR) is 86.0 cm³/mol. The first-order chi connectivity index (χ1) is 10.1. The molecular weight excluding hydrogens is 309 g/mol. The van der Waals surface area contributed by atoms with Gasteiger partial charge < -0.3 is 14.5 Å². The van der Waals surface area contributed by atoms with E-state index in [-0.39, 0.29) is 0 Å². The molecule has 0 aliphatic heterocycles.